The number of anilines is 1. The van der Waals surface area contributed by atoms with Crippen molar-refractivity contribution in [3.63, 3.8) is 0 Å². The molecule has 6 nitrogen and oxygen atoms in total. The summed E-state index contributed by atoms with van der Waals surface area (Å²) in [5.74, 6) is 0.433. The summed E-state index contributed by atoms with van der Waals surface area (Å²) in [7, 11) is 0. The molecule has 0 bridgehead atoms. The monoisotopic (exact) mass is 247 g/mol. The lowest BCUT2D eigenvalue weighted by atomic mass is 10.4. The number of aromatic amines is 2. The van der Waals surface area contributed by atoms with Gasteiger partial charge in [-0.25, -0.2) is 4.98 Å². The number of rotatable bonds is 3. The molecule has 0 amide bonds. The van der Waals surface area contributed by atoms with Gasteiger partial charge >= 0.3 is 0 Å². The van der Waals surface area contributed by atoms with Gasteiger partial charge in [-0.3, -0.25) is 9.78 Å². The predicted octanol–water partition coefficient (Wildman–Crippen LogP) is 1.32. The van der Waals surface area contributed by atoms with E-state index in [2.05, 4.69) is 25.3 Å². The lowest BCUT2D eigenvalue weighted by Gasteiger charge is -2.02. The number of fused-ring (bicyclic) bond motifs is 1. The SMILES string of the molecule is O=c1[nH]c(NCc2cccs2)nc2nc[nH]c12. The summed E-state index contributed by atoms with van der Waals surface area (Å²) in [6, 6.07) is 4.00. The molecule has 0 radical (unpaired) electrons. The Morgan fingerprint density at radius 2 is 2.41 bits per heavy atom. The second kappa shape index (κ2) is 4.02. The van der Waals surface area contributed by atoms with Crippen LogP contribution in [0.3, 0.4) is 0 Å². The van der Waals surface area contributed by atoms with Crippen molar-refractivity contribution in [3.05, 3.63) is 39.1 Å². The number of nitrogens with zero attached hydrogens (tertiary/aromatic N) is 2. The molecule has 0 aromatic carbocycles. The van der Waals surface area contributed by atoms with Gasteiger partial charge in [0.05, 0.1) is 12.9 Å². The second-order valence-electron chi connectivity index (χ2n) is 3.45. The quantitative estimate of drug-likeness (QED) is 0.651. The van der Waals surface area contributed by atoms with Crippen LogP contribution in [0.5, 0.6) is 0 Å². The predicted molar refractivity (Wildman–Crippen MR) is 66.2 cm³/mol. The van der Waals surface area contributed by atoms with Crippen LogP contribution in [-0.4, -0.2) is 19.9 Å². The third-order valence-electron chi connectivity index (χ3n) is 2.31. The van der Waals surface area contributed by atoms with Crippen LogP contribution < -0.4 is 10.9 Å². The number of hydrogen-bond donors (Lipinski definition) is 3. The summed E-state index contributed by atoms with van der Waals surface area (Å²) in [5, 5.41) is 5.06. The minimum Gasteiger partial charge on any atom is -0.351 e. The zero-order valence-electron chi connectivity index (χ0n) is 8.73. The van der Waals surface area contributed by atoms with Crippen molar-refractivity contribution in [3.8, 4) is 0 Å². The highest BCUT2D eigenvalue weighted by Crippen LogP contribution is 2.10. The molecule has 3 rings (SSSR count). The molecule has 3 N–H and O–H groups in total. The van der Waals surface area contributed by atoms with Gasteiger partial charge < -0.3 is 10.3 Å². The maximum atomic E-state index is 11.6. The van der Waals surface area contributed by atoms with Crippen LogP contribution in [0.1, 0.15) is 4.88 Å². The highest BCUT2D eigenvalue weighted by Gasteiger charge is 2.05. The van der Waals surface area contributed by atoms with E-state index in [9.17, 15) is 4.79 Å². The molecule has 0 saturated carbocycles. The Kier molecular flexibility index (Phi) is 2.37. The first kappa shape index (κ1) is 10.0. The lowest BCUT2D eigenvalue weighted by Crippen LogP contribution is -2.12. The summed E-state index contributed by atoms with van der Waals surface area (Å²) < 4.78 is 0. The fraction of sp³-hybridized carbons (Fsp3) is 0.100. The molecule has 0 saturated heterocycles. The van der Waals surface area contributed by atoms with Crippen molar-refractivity contribution in [1.82, 2.24) is 19.9 Å². The van der Waals surface area contributed by atoms with Gasteiger partial charge in [0.15, 0.2) is 11.2 Å². The van der Waals surface area contributed by atoms with Crippen molar-refractivity contribution >= 4 is 28.4 Å². The van der Waals surface area contributed by atoms with E-state index < -0.39 is 0 Å². The zero-order valence-corrected chi connectivity index (χ0v) is 9.54. The Morgan fingerprint density at radius 3 is 3.24 bits per heavy atom. The van der Waals surface area contributed by atoms with E-state index in [0.29, 0.717) is 23.7 Å². The van der Waals surface area contributed by atoms with Gasteiger partial charge in [-0.05, 0) is 11.4 Å². The highest BCUT2D eigenvalue weighted by atomic mass is 32.1. The molecule has 0 unspecified atom stereocenters. The first-order valence-corrected chi connectivity index (χ1v) is 5.90. The number of nitrogens with one attached hydrogen (secondary N) is 3. The van der Waals surface area contributed by atoms with Crippen LogP contribution in [-0.2, 0) is 6.54 Å². The highest BCUT2D eigenvalue weighted by molar-refractivity contribution is 7.09. The molecule has 17 heavy (non-hydrogen) atoms. The molecule has 0 spiro atoms. The number of hydrogen-bond acceptors (Lipinski definition) is 5. The van der Waals surface area contributed by atoms with Crippen molar-refractivity contribution in [2.45, 2.75) is 6.54 Å². The number of imidazole rings is 1. The molecule has 3 aromatic heterocycles. The third kappa shape index (κ3) is 1.92. The third-order valence-corrected chi connectivity index (χ3v) is 3.18. The number of aromatic nitrogens is 4. The fourth-order valence-electron chi connectivity index (χ4n) is 1.51. The first-order valence-electron chi connectivity index (χ1n) is 5.02. The molecule has 86 valence electrons. The van der Waals surface area contributed by atoms with Crippen molar-refractivity contribution in [1.29, 1.82) is 0 Å². The molecule has 0 atom stereocenters. The maximum Gasteiger partial charge on any atom is 0.278 e. The Labute approximate surface area is 99.8 Å². The van der Waals surface area contributed by atoms with E-state index in [1.807, 2.05) is 17.5 Å². The summed E-state index contributed by atoms with van der Waals surface area (Å²) in [4.78, 5) is 26.3. The molecule has 0 fully saturated rings. The molecule has 0 aliphatic carbocycles. The minimum absolute atomic E-state index is 0.221. The fourth-order valence-corrected chi connectivity index (χ4v) is 2.16. The van der Waals surface area contributed by atoms with Crippen molar-refractivity contribution in [2.75, 3.05) is 5.32 Å². The van der Waals surface area contributed by atoms with Gasteiger partial charge in [-0.1, -0.05) is 6.07 Å². The standard InChI is InChI=1S/C10H9N5OS/c16-9-7-8(13-5-12-7)14-10(15-9)11-4-6-2-1-3-17-6/h1-3,5H,4H2,(H3,11,12,13,14,15,16). The van der Waals surface area contributed by atoms with E-state index >= 15 is 0 Å². The van der Waals surface area contributed by atoms with Crippen LogP contribution in [0, 0.1) is 0 Å². The van der Waals surface area contributed by atoms with Gasteiger partial charge in [-0.2, -0.15) is 4.98 Å². The van der Waals surface area contributed by atoms with E-state index in [1.165, 1.54) is 11.2 Å². The smallest absolute Gasteiger partial charge is 0.278 e. The van der Waals surface area contributed by atoms with Gasteiger partial charge in [0, 0.05) is 4.88 Å². The van der Waals surface area contributed by atoms with Crippen LogP contribution in [0.4, 0.5) is 5.95 Å². The number of thiophene rings is 1. The van der Waals surface area contributed by atoms with Gasteiger partial charge in [0.25, 0.3) is 5.56 Å². The molecule has 7 heteroatoms. The van der Waals surface area contributed by atoms with Crippen LogP contribution in [0.15, 0.2) is 28.6 Å². The lowest BCUT2D eigenvalue weighted by molar-refractivity contribution is 1.07. The van der Waals surface area contributed by atoms with Gasteiger partial charge in [0.1, 0.15) is 0 Å². The largest absolute Gasteiger partial charge is 0.351 e. The van der Waals surface area contributed by atoms with E-state index in [-0.39, 0.29) is 5.56 Å². The molecule has 3 aromatic rings. The van der Waals surface area contributed by atoms with Crippen LogP contribution in [0.2, 0.25) is 0 Å². The molecule has 0 aliphatic heterocycles. The van der Waals surface area contributed by atoms with E-state index in [4.69, 9.17) is 0 Å². The van der Waals surface area contributed by atoms with Crippen LogP contribution >= 0.6 is 11.3 Å². The molecule has 0 aliphatic rings. The van der Waals surface area contributed by atoms with Crippen molar-refractivity contribution < 1.29 is 0 Å². The average Bonchev–Trinajstić information content (AvgIpc) is 2.97. The van der Waals surface area contributed by atoms with Gasteiger partial charge in [-0.15, -0.1) is 11.3 Å². The molecular weight excluding hydrogens is 238 g/mol. The van der Waals surface area contributed by atoms with Crippen LogP contribution in [0.25, 0.3) is 11.2 Å². The summed E-state index contributed by atoms with van der Waals surface area (Å²) in [5.41, 5.74) is 0.593. The Hall–Kier alpha value is -2.15. The summed E-state index contributed by atoms with van der Waals surface area (Å²) in [6.45, 7) is 0.635. The first-order chi connectivity index (χ1) is 8.33. The zero-order chi connectivity index (χ0) is 11.7. The van der Waals surface area contributed by atoms with E-state index in [1.54, 1.807) is 11.3 Å². The Bertz CT molecular complexity index is 684. The van der Waals surface area contributed by atoms with Gasteiger partial charge in [0.2, 0.25) is 5.95 Å². The molecular formula is C10H9N5OS. The van der Waals surface area contributed by atoms with E-state index in [0.717, 1.165) is 0 Å². The Balaban J connectivity index is 1.88. The normalized spacial score (nSPS) is 10.8. The van der Waals surface area contributed by atoms with Crippen molar-refractivity contribution in [2.24, 2.45) is 0 Å². The second-order valence-corrected chi connectivity index (χ2v) is 4.48. The topological polar surface area (TPSA) is 86.5 Å². The minimum atomic E-state index is -0.221. The molecule has 3 heterocycles. The average molecular weight is 247 g/mol. The summed E-state index contributed by atoms with van der Waals surface area (Å²) in [6.07, 6.45) is 1.45. The summed E-state index contributed by atoms with van der Waals surface area (Å²) >= 11 is 1.65. The maximum absolute atomic E-state index is 11.6. The number of H-pyrrole nitrogens is 2. The Morgan fingerprint density at radius 1 is 1.47 bits per heavy atom.